The Morgan fingerprint density at radius 3 is 3.00 bits per heavy atom. The lowest BCUT2D eigenvalue weighted by atomic mass is 10.0. The molecule has 1 N–H and O–H groups in total. The van der Waals surface area contributed by atoms with Gasteiger partial charge in [-0.15, -0.1) is 5.10 Å². The number of fused-ring (bicyclic) bond motifs is 1. The van der Waals surface area contributed by atoms with Gasteiger partial charge in [-0.1, -0.05) is 23.7 Å². The molecule has 8 heteroatoms. The fourth-order valence-electron chi connectivity index (χ4n) is 1.82. The highest BCUT2D eigenvalue weighted by atomic mass is 16.7. The number of amidine groups is 1. The number of ether oxygens (including phenoxy) is 1. The summed E-state index contributed by atoms with van der Waals surface area (Å²) >= 11 is 0. The Labute approximate surface area is 96.1 Å². The molecule has 8 nitrogen and oxygen atoms in total. The maximum atomic E-state index is 10.8. The van der Waals surface area contributed by atoms with Crippen molar-refractivity contribution in [1.29, 1.82) is 0 Å². The minimum absolute atomic E-state index is 0.219. The number of nitro groups is 1. The lowest BCUT2D eigenvalue weighted by Crippen LogP contribution is -2.48. The first-order valence-corrected chi connectivity index (χ1v) is 4.95. The first-order chi connectivity index (χ1) is 8.16. The van der Waals surface area contributed by atoms with Crippen LogP contribution >= 0.6 is 0 Å². The largest absolute Gasteiger partial charge is 0.477 e. The molecule has 0 radical (unpaired) electrons. The van der Waals surface area contributed by atoms with Gasteiger partial charge in [0.05, 0.1) is 0 Å². The van der Waals surface area contributed by atoms with E-state index in [1.54, 1.807) is 7.05 Å². The zero-order valence-electron chi connectivity index (χ0n) is 8.90. The molecule has 1 unspecified atom stereocenters. The molecule has 0 fully saturated rings. The van der Waals surface area contributed by atoms with Crippen LogP contribution in [-0.4, -0.2) is 28.2 Å². The Bertz CT molecular complexity index is 517. The van der Waals surface area contributed by atoms with E-state index in [4.69, 9.17) is 4.74 Å². The topological polar surface area (TPSA) is 83.2 Å². The second kappa shape index (κ2) is 3.32. The Balaban J connectivity index is 1.92. The maximum Gasteiger partial charge on any atom is 0.258 e. The van der Waals surface area contributed by atoms with Crippen molar-refractivity contribution in [3.05, 3.63) is 39.9 Å². The first kappa shape index (κ1) is 9.85. The predicted molar refractivity (Wildman–Crippen MR) is 57.0 cm³/mol. The molecular weight excluding hydrogens is 226 g/mol. The van der Waals surface area contributed by atoms with Crippen LogP contribution in [0.5, 0.6) is 5.75 Å². The van der Waals surface area contributed by atoms with Crippen molar-refractivity contribution < 1.29 is 9.77 Å². The number of hydrogen-bond acceptors (Lipinski definition) is 6. The summed E-state index contributed by atoms with van der Waals surface area (Å²) in [6.07, 6.45) is -0.492. The predicted octanol–water partition coefficient (Wildman–Crippen LogP) is 0.292. The van der Waals surface area contributed by atoms with Crippen molar-refractivity contribution in [1.82, 2.24) is 15.8 Å². The Kier molecular flexibility index (Phi) is 1.92. The van der Waals surface area contributed by atoms with Gasteiger partial charge in [0.1, 0.15) is 5.75 Å². The van der Waals surface area contributed by atoms with E-state index in [1.807, 2.05) is 24.3 Å². The molecule has 0 amide bonds. The summed E-state index contributed by atoms with van der Waals surface area (Å²) < 4.78 is 5.45. The molecule has 1 atom stereocenters. The van der Waals surface area contributed by atoms with Gasteiger partial charge in [-0.3, -0.25) is 0 Å². The van der Waals surface area contributed by atoms with E-state index in [9.17, 15) is 10.1 Å². The third kappa shape index (κ3) is 1.38. The number of nitrogens with one attached hydrogen (secondary N) is 1. The van der Waals surface area contributed by atoms with Gasteiger partial charge in [-0.25, -0.2) is 15.2 Å². The van der Waals surface area contributed by atoms with Gasteiger partial charge in [0.2, 0.25) is 0 Å². The number of hydrazone groups is 1. The van der Waals surface area contributed by atoms with E-state index in [1.165, 1.54) is 5.12 Å². The van der Waals surface area contributed by atoms with Gasteiger partial charge in [0, 0.05) is 17.7 Å². The van der Waals surface area contributed by atoms with Gasteiger partial charge >= 0.3 is 0 Å². The monoisotopic (exact) mass is 235 g/mol. The zero-order chi connectivity index (χ0) is 12.0. The van der Waals surface area contributed by atoms with Crippen molar-refractivity contribution >= 4 is 5.84 Å². The smallest absolute Gasteiger partial charge is 0.258 e. The van der Waals surface area contributed by atoms with E-state index in [2.05, 4.69) is 10.6 Å². The lowest BCUT2D eigenvalue weighted by molar-refractivity contribution is -0.647. The summed E-state index contributed by atoms with van der Waals surface area (Å²) in [6.45, 7) is 0. The van der Waals surface area contributed by atoms with Crippen molar-refractivity contribution in [3.63, 3.8) is 0 Å². The molecule has 0 saturated heterocycles. The van der Waals surface area contributed by atoms with Crippen molar-refractivity contribution in [3.8, 4) is 5.75 Å². The van der Waals surface area contributed by atoms with Crippen LogP contribution in [0.4, 0.5) is 0 Å². The summed E-state index contributed by atoms with van der Waals surface area (Å²) in [5.41, 5.74) is 3.37. The van der Waals surface area contributed by atoms with Gasteiger partial charge in [-0.05, 0) is 6.07 Å². The molecule has 2 heterocycles. The minimum Gasteiger partial charge on any atom is -0.477 e. The average Bonchev–Trinajstić information content (AvgIpc) is 2.62. The van der Waals surface area contributed by atoms with Crippen LogP contribution in [0.15, 0.2) is 29.4 Å². The molecule has 0 spiro atoms. The van der Waals surface area contributed by atoms with Crippen molar-refractivity contribution in [2.24, 2.45) is 5.10 Å². The van der Waals surface area contributed by atoms with Crippen LogP contribution in [0.2, 0.25) is 0 Å². The Hall–Kier alpha value is -2.35. The minimum atomic E-state index is -0.577. The lowest BCUT2D eigenvalue weighted by Gasteiger charge is -2.30. The van der Waals surface area contributed by atoms with E-state index in [-0.39, 0.29) is 5.84 Å². The number of hydrazine groups is 3. The Morgan fingerprint density at radius 2 is 2.29 bits per heavy atom. The van der Waals surface area contributed by atoms with E-state index < -0.39 is 11.1 Å². The van der Waals surface area contributed by atoms with Crippen molar-refractivity contribution in [2.45, 2.75) is 6.10 Å². The molecule has 1 aromatic rings. The van der Waals surface area contributed by atoms with E-state index in [0.717, 1.165) is 16.4 Å². The second-order valence-electron chi connectivity index (χ2n) is 3.67. The number of para-hydroxylation sites is 1. The summed E-state index contributed by atoms with van der Waals surface area (Å²) in [4.78, 5) is 10.8. The first-order valence-electron chi connectivity index (χ1n) is 4.95. The molecule has 88 valence electrons. The highest BCUT2D eigenvalue weighted by Crippen LogP contribution is 2.40. The average molecular weight is 235 g/mol. The maximum absolute atomic E-state index is 10.8. The molecule has 0 aliphatic carbocycles. The number of rotatable bonds is 2. The van der Waals surface area contributed by atoms with Crippen LogP contribution < -0.4 is 10.3 Å². The highest BCUT2D eigenvalue weighted by molar-refractivity contribution is 5.89. The van der Waals surface area contributed by atoms with Gasteiger partial charge in [0.25, 0.3) is 5.84 Å². The molecule has 2 aliphatic heterocycles. The summed E-state index contributed by atoms with van der Waals surface area (Å²) in [7, 11) is 1.58. The molecule has 3 rings (SSSR count). The van der Waals surface area contributed by atoms with Crippen LogP contribution in [-0.2, 0) is 0 Å². The van der Waals surface area contributed by atoms with Crippen molar-refractivity contribution in [2.75, 3.05) is 7.05 Å². The van der Waals surface area contributed by atoms with E-state index in [0.29, 0.717) is 0 Å². The van der Waals surface area contributed by atoms with Crippen LogP contribution in [0, 0.1) is 10.1 Å². The molecule has 1 aromatic carbocycles. The Morgan fingerprint density at radius 1 is 1.53 bits per heavy atom. The third-order valence-corrected chi connectivity index (χ3v) is 2.55. The summed E-state index contributed by atoms with van der Waals surface area (Å²) in [6, 6.07) is 7.39. The quantitative estimate of drug-likeness (QED) is 0.586. The fourth-order valence-corrected chi connectivity index (χ4v) is 1.82. The summed E-state index contributed by atoms with van der Waals surface area (Å²) in [5.74, 6) is 0.953. The molecule has 0 saturated carbocycles. The van der Waals surface area contributed by atoms with Gasteiger partial charge in [0.15, 0.2) is 11.1 Å². The van der Waals surface area contributed by atoms with E-state index >= 15 is 0 Å². The zero-order valence-corrected chi connectivity index (χ0v) is 8.90. The van der Waals surface area contributed by atoms with Crippen LogP contribution in [0.1, 0.15) is 11.7 Å². The molecular formula is C9H9N5O3. The molecule has 0 aromatic heterocycles. The van der Waals surface area contributed by atoms with Crippen LogP contribution in [0.3, 0.4) is 0 Å². The van der Waals surface area contributed by atoms with Gasteiger partial charge in [-0.2, -0.15) is 0 Å². The SMILES string of the molecule is CN1N=C(C2Oc3ccccc32)N([N+](=O)[O-])N1. The molecule has 0 bridgehead atoms. The van der Waals surface area contributed by atoms with Crippen LogP contribution in [0.25, 0.3) is 0 Å². The standard InChI is InChI=1S/C9H9N5O3/c1-12-10-9(13(11-12)14(15)16)8-6-4-2-3-5-7(6)17-8/h2-5,8,11H,1H3. The van der Waals surface area contributed by atoms with Gasteiger partial charge < -0.3 is 4.74 Å². The number of hydrogen-bond donors (Lipinski definition) is 1. The number of benzene rings is 1. The molecule has 17 heavy (non-hydrogen) atoms. The second-order valence-corrected chi connectivity index (χ2v) is 3.67. The fraction of sp³-hybridized carbons (Fsp3) is 0.222. The normalized spacial score (nSPS) is 21.5. The highest BCUT2D eigenvalue weighted by Gasteiger charge is 2.43. The third-order valence-electron chi connectivity index (χ3n) is 2.55. The molecule has 2 aliphatic rings. The summed E-state index contributed by atoms with van der Waals surface area (Å²) in [5, 5.41) is 16.3. The number of nitrogens with zero attached hydrogens (tertiary/aromatic N) is 4.